The maximum absolute atomic E-state index is 4.99. The molecule has 96 valence electrons. The Balaban J connectivity index is 2.11. The molecule has 2 N–H and O–H groups in total. The first kappa shape index (κ1) is 12.2. The van der Waals surface area contributed by atoms with Gasteiger partial charge in [-0.05, 0) is 30.8 Å². The minimum Gasteiger partial charge on any atom is -0.281 e. The number of nitrogens with zero attached hydrogens (tertiary/aromatic N) is 3. The van der Waals surface area contributed by atoms with Crippen molar-refractivity contribution in [1.29, 1.82) is 0 Å². The molecule has 0 radical (unpaired) electrons. The van der Waals surface area contributed by atoms with Gasteiger partial charge in [-0.3, -0.25) is 15.2 Å². The van der Waals surface area contributed by atoms with Crippen LogP contribution in [0.4, 0.5) is 0 Å². The Morgan fingerprint density at radius 1 is 1.32 bits per heavy atom. The summed E-state index contributed by atoms with van der Waals surface area (Å²) in [7, 11) is 0. The monoisotopic (exact) mass is 289 g/mol. The molecule has 3 heterocycles. The van der Waals surface area contributed by atoms with E-state index in [0.29, 0.717) is 4.77 Å². The molecule has 0 aliphatic carbocycles. The van der Waals surface area contributed by atoms with Crippen LogP contribution in [0.15, 0.2) is 24.5 Å². The Kier molecular flexibility index (Phi) is 3.22. The van der Waals surface area contributed by atoms with Crippen LogP contribution in [0.1, 0.15) is 12.6 Å². The summed E-state index contributed by atoms with van der Waals surface area (Å²) in [6.45, 7) is 2.08. The fourth-order valence-corrected chi connectivity index (χ4v) is 3.00. The minimum atomic E-state index is 0.452. The third-order valence-corrected chi connectivity index (χ3v) is 4.00. The van der Waals surface area contributed by atoms with Crippen LogP contribution in [0, 0.1) is 4.77 Å². The average Bonchev–Trinajstić information content (AvgIpc) is 3.05. The quantitative estimate of drug-likeness (QED) is 0.726. The Hall–Kier alpha value is -1.86. The van der Waals surface area contributed by atoms with Gasteiger partial charge in [0.1, 0.15) is 5.01 Å². The lowest BCUT2D eigenvalue weighted by atomic mass is 10.2. The van der Waals surface area contributed by atoms with Crippen LogP contribution in [-0.4, -0.2) is 25.1 Å². The van der Waals surface area contributed by atoms with Gasteiger partial charge in [0, 0.05) is 18.0 Å². The van der Waals surface area contributed by atoms with Crippen molar-refractivity contribution in [1.82, 2.24) is 25.1 Å². The highest BCUT2D eigenvalue weighted by Gasteiger charge is 2.15. The lowest BCUT2D eigenvalue weighted by Crippen LogP contribution is -1.86. The van der Waals surface area contributed by atoms with Gasteiger partial charge in [-0.2, -0.15) is 4.98 Å². The average molecular weight is 289 g/mol. The minimum absolute atomic E-state index is 0.452. The molecular formula is C12H11N5S2. The van der Waals surface area contributed by atoms with E-state index < -0.39 is 0 Å². The Labute approximate surface area is 118 Å². The second-order valence-electron chi connectivity index (χ2n) is 3.91. The second-order valence-corrected chi connectivity index (χ2v) is 5.29. The maximum Gasteiger partial charge on any atom is 0.213 e. The zero-order chi connectivity index (χ0) is 13.2. The summed E-state index contributed by atoms with van der Waals surface area (Å²) in [5.74, 6) is 0.745. The van der Waals surface area contributed by atoms with Gasteiger partial charge in [0.2, 0.25) is 4.77 Å². The second kappa shape index (κ2) is 5.02. The molecule has 0 atom stereocenters. The standard InChI is InChI=1S/C12H11N5S2/c1-2-8-9(10-15-12(18)17-16-10)19-11(14-8)7-4-3-5-13-6-7/h3-6H,2H2,1H3,(H2,15,16,17,18). The number of rotatable bonds is 3. The van der Waals surface area contributed by atoms with E-state index in [1.165, 1.54) is 0 Å². The molecule has 0 amide bonds. The van der Waals surface area contributed by atoms with Crippen LogP contribution in [0.2, 0.25) is 0 Å². The number of hydrogen-bond donors (Lipinski definition) is 2. The molecule has 3 aromatic heterocycles. The van der Waals surface area contributed by atoms with Gasteiger partial charge < -0.3 is 0 Å². The zero-order valence-electron chi connectivity index (χ0n) is 10.2. The molecule has 0 unspecified atom stereocenters. The highest BCUT2D eigenvalue weighted by molar-refractivity contribution is 7.71. The molecule has 0 spiro atoms. The Bertz CT molecular complexity index is 741. The summed E-state index contributed by atoms with van der Waals surface area (Å²) in [4.78, 5) is 14.1. The third-order valence-electron chi connectivity index (χ3n) is 2.66. The molecule has 0 aliphatic rings. The molecule has 7 heteroatoms. The van der Waals surface area contributed by atoms with Crippen LogP contribution in [-0.2, 0) is 6.42 Å². The van der Waals surface area contributed by atoms with E-state index in [-0.39, 0.29) is 0 Å². The maximum atomic E-state index is 4.99. The first-order valence-corrected chi connectivity index (χ1v) is 7.05. The summed E-state index contributed by atoms with van der Waals surface area (Å²) in [6.07, 6.45) is 4.41. The lowest BCUT2D eigenvalue weighted by molar-refractivity contribution is 1.05. The highest BCUT2D eigenvalue weighted by Crippen LogP contribution is 2.33. The summed E-state index contributed by atoms with van der Waals surface area (Å²) in [5, 5.41) is 6.73. The van der Waals surface area contributed by atoms with Crippen LogP contribution in [0.3, 0.4) is 0 Å². The first-order valence-electron chi connectivity index (χ1n) is 5.83. The van der Waals surface area contributed by atoms with Crippen molar-refractivity contribution < 1.29 is 0 Å². The van der Waals surface area contributed by atoms with Crippen molar-refractivity contribution in [2.75, 3.05) is 0 Å². The van der Waals surface area contributed by atoms with Gasteiger partial charge >= 0.3 is 0 Å². The number of aromatic nitrogens is 5. The number of aromatic amines is 2. The molecule has 3 aromatic rings. The smallest absolute Gasteiger partial charge is 0.213 e. The fraction of sp³-hybridized carbons (Fsp3) is 0.167. The molecule has 3 rings (SSSR count). The lowest BCUT2D eigenvalue weighted by Gasteiger charge is -1.92. The number of thiazole rings is 1. The summed E-state index contributed by atoms with van der Waals surface area (Å²) >= 11 is 6.58. The van der Waals surface area contributed by atoms with Gasteiger partial charge in [0.25, 0.3) is 0 Å². The Morgan fingerprint density at radius 3 is 2.84 bits per heavy atom. The SMILES string of the molecule is CCc1nc(-c2cccnc2)sc1-c1nc(=S)[nH][nH]1. The summed E-state index contributed by atoms with van der Waals surface area (Å²) in [6, 6.07) is 3.91. The topological polar surface area (TPSA) is 70.2 Å². The zero-order valence-corrected chi connectivity index (χ0v) is 11.8. The predicted molar refractivity (Wildman–Crippen MR) is 77.5 cm³/mol. The fourth-order valence-electron chi connectivity index (χ4n) is 1.77. The molecule has 0 bridgehead atoms. The number of pyridine rings is 1. The molecule has 0 fully saturated rings. The van der Waals surface area contributed by atoms with Gasteiger partial charge in [-0.25, -0.2) is 4.98 Å². The molecule has 5 nitrogen and oxygen atoms in total. The third kappa shape index (κ3) is 2.34. The predicted octanol–water partition coefficient (Wildman–Crippen LogP) is 3.22. The Morgan fingerprint density at radius 2 is 2.21 bits per heavy atom. The highest BCUT2D eigenvalue weighted by atomic mass is 32.1. The summed E-state index contributed by atoms with van der Waals surface area (Å²) in [5.41, 5.74) is 2.03. The number of hydrogen-bond acceptors (Lipinski definition) is 5. The normalized spacial score (nSPS) is 10.8. The van der Waals surface area contributed by atoms with Crippen molar-refractivity contribution in [3.05, 3.63) is 35.0 Å². The summed E-state index contributed by atoms with van der Waals surface area (Å²) < 4.78 is 0.452. The van der Waals surface area contributed by atoms with E-state index in [1.807, 2.05) is 18.3 Å². The number of nitrogens with one attached hydrogen (secondary N) is 2. The number of aryl methyl sites for hydroxylation is 1. The molecule has 0 saturated carbocycles. The van der Waals surface area contributed by atoms with Crippen molar-refractivity contribution in [2.24, 2.45) is 0 Å². The van der Waals surface area contributed by atoms with Crippen LogP contribution in [0.25, 0.3) is 21.3 Å². The van der Waals surface area contributed by atoms with Gasteiger partial charge in [0.05, 0.1) is 10.6 Å². The van der Waals surface area contributed by atoms with Gasteiger partial charge in [-0.15, -0.1) is 11.3 Å². The van der Waals surface area contributed by atoms with Crippen LogP contribution < -0.4 is 0 Å². The largest absolute Gasteiger partial charge is 0.281 e. The van der Waals surface area contributed by atoms with Crippen molar-refractivity contribution >= 4 is 23.6 Å². The van der Waals surface area contributed by atoms with Gasteiger partial charge in [-0.1, -0.05) is 6.92 Å². The van der Waals surface area contributed by atoms with Gasteiger partial charge in [0.15, 0.2) is 5.82 Å². The van der Waals surface area contributed by atoms with Crippen molar-refractivity contribution in [3.63, 3.8) is 0 Å². The van der Waals surface area contributed by atoms with E-state index in [9.17, 15) is 0 Å². The molecular weight excluding hydrogens is 278 g/mol. The van der Waals surface area contributed by atoms with E-state index in [4.69, 9.17) is 12.2 Å². The molecule has 19 heavy (non-hydrogen) atoms. The number of H-pyrrole nitrogens is 2. The van der Waals surface area contributed by atoms with Crippen molar-refractivity contribution in [3.8, 4) is 21.3 Å². The molecule has 0 saturated heterocycles. The van der Waals surface area contributed by atoms with E-state index in [2.05, 4.69) is 32.1 Å². The molecule has 0 aromatic carbocycles. The van der Waals surface area contributed by atoms with Crippen molar-refractivity contribution in [2.45, 2.75) is 13.3 Å². The van der Waals surface area contributed by atoms with E-state index in [1.54, 1.807) is 17.5 Å². The van der Waals surface area contributed by atoms with E-state index >= 15 is 0 Å². The van der Waals surface area contributed by atoms with Crippen LogP contribution in [0.5, 0.6) is 0 Å². The van der Waals surface area contributed by atoms with E-state index in [0.717, 1.165) is 33.4 Å². The first-order chi connectivity index (χ1) is 9.28. The van der Waals surface area contributed by atoms with Crippen LogP contribution >= 0.6 is 23.6 Å². The molecule has 0 aliphatic heterocycles.